The van der Waals surface area contributed by atoms with E-state index in [9.17, 15) is 14.3 Å². The van der Waals surface area contributed by atoms with Gasteiger partial charge in [0.15, 0.2) is 5.16 Å². The summed E-state index contributed by atoms with van der Waals surface area (Å²) in [6.45, 7) is 0. The standard InChI is InChI=1S/C21H22FN5O2S/c1-30-19-23-12-9-15(24-19)17-16(13-5-7-14(22)8-6-13)25-18(26-17)21(27-20(28)29)10-3-2-4-11-21/h5-9,12,27H,2-4,10-11H2,1H3,(H,25,26)(H,28,29). The highest BCUT2D eigenvalue weighted by atomic mass is 32.2. The second kappa shape index (κ2) is 8.43. The molecule has 2 heterocycles. The third kappa shape index (κ3) is 4.02. The summed E-state index contributed by atoms with van der Waals surface area (Å²) < 4.78 is 13.5. The van der Waals surface area contributed by atoms with Crippen LogP contribution in [0.3, 0.4) is 0 Å². The molecular formula is C21H22FN5O2S. The summed E-state index contributed by atoms with van der Waals surface area (Å²) in [5.74, 6) is 0.224. The fourth-order valence-electron chi connectivity index (χ4n) is 3.96. The summed E-state index contributed by atoms with van der Waals surface area (Å²) in [6.07, 6.45) is 6.69. The minimum Gasteiger partial charge on any atom is -0.465 e. The van der Waals surface area contributed by atoms with E-state index in [0.29, 0.717) is 40.9 Å². The Bertz CT molecular complexity index is 1050. The molecule has 1 aliphatic carbocycles. The average Bonchev–Trinajstić information content (AvgIpc) is 3.21. The number of hydrogen-bond acceptors (Lipinski definition) is 5. The first-order valence-corrected chi connectivity index (χ1v) is 11.0. The minimum atomic E-state index is -1.08. The molecule has 0 unspecified atom stereocenters. The van der Waals surface area contributed by atoms with Gasteiger partial charge in [0.05, 0.1) is 17.1 Å². The Morgan fingerprint density at radius 2 is 1.90 bits per heavy atom. The van der Waals surface area contributed by atoms with Gasteiger partial charge in [-0.15, -0.1) is 0 Å². The molecule has 2 aromatic heterocycles. The number of nitrogens with one attached hydrogen (secondary N) is 2. The number of amides is 1. The lowest BCUT2D eigenvalue weighted by Gasteiger charge is -2.35. The number of rotatable bonds is 5. The molecule has 0 spiro atoms. The average molecular weight is 428 g/mol. The molecular weight excluding hydrogens is 405 g/mol. The second-order valence-corrected chi connectivity index (χ2v) is 8.09. The first kappa shape index (κ1) is 20.3. The van der Waals surface area contributed by atoms with Gasteiger partial charge >= 0.3 is 6.09 Å². The maximum atomic E-state index is 13.5. The van der Waals surface area contributed by atoms with Gasteiger partial charge in [-0.1, -0.05) is 31.0 Å². The fourth-order valence-corrected chi connectivity index (χ4v) is 4.32. The zero-order valence-electron chi connectivity index (χ0n) is 16.5. The molecule has 0 radical (unpaired) electrons. The van der Waals surface area contributed by atoms with Crippen LogP contribution in [0.4, 0.5) is 9.18 Å². The van der Waals surface area contributed by atoms with Crippen molar-refractivity contribution < 1.29 is 14.3 Å². The summed E-state index contributed by atoms with van der Waals surface area (Å²) in [7, 11) is 0. The van der Waals surface area contributed by atoms with Crippen LogP contribution in [0.2, 0.25) is 0 Å². The van der Waals surface area contributed by atoms with Crippen LogP contribution in [0, 0.1) is 5.82 Å². The molecule has 1 amide bonds. The van der Waals surface area contributed by atoms with Crippen molar-refractivity contribution in [3.8, 4) is 22.6 Å². The fraction of sp³-hybridized carbons (Fsp3) is 0.333. The number of thioether (sulfide) groups is 1. The van der Waals surface area contributed by atoms with Gasteiger partial charge in [-0.05, 0) is 49.4 Å². The van der Waals surface area contributed by atoms with Crippen LogP contribution < -0.4 is 5.32 Å². The number of halogens is 1. The van der Waals surface area contributed by atoms with Crippen molar-refractivity contribution in [2.24, 2.45) is 0 Å². The molecule has 1 aliphatic rings. The van der Waals surface area contributed by atoms with E-state index in [1.54, 1.807) is 24.4 Å². The van der Waals surface area contributed by atoms with E-state index < -0.39 is 11.6 Å². The summed E-state index contributed by atoms with van der Waals surface area (Å²) in [5, 5.41) is 12.8. The van der Waals surface area contributed by atoms with E-state index >= 15 is 0 Å². The van der Waals surface area contributed by atoms with Gasteiger partial charge in [0.1, 0.15) is 17.2 Å². The van der Waals surface area contributed by atoms with E-state index in [1.807, 2.05) is 6.26 Å². The predicted octanol–water partition coefficient (Wildman–Crippen LogP) is 4.82. The third-order valence-corrected chi connectivity index (χ3v) is 5.96. The first-order valence-electron chi connectivity index (χ1n) is 9.76. The number of H-pyrrole nitrogens is 1. The molecule has 0 atom stereocenters. The number of nitrogens with zero attached hydrogens (tertiary/aromatic N) is 3. The van der Waals surface area contributed by atoms with Gasteiger partial charge in [0.25, 0.3) is 0 Å². The summed E-state index contributed by atoms with van der Waals surface area (Å²) in [4.78, 5) is 28.6. The highest BCUT2D eigenvalue weighted by molar-refractivity contribution is 7.98. The first-order chi connectivity index (χ1) is 14.5. The molecule has 1 aromatic carbocycles. The van der Waals surface area contributed by atoms with Crippen molar-refractivity contribution in [3.05, 3.63) is 48.2 Å². The second-order valence-electron chi connectivity index (χ2n) is 7.32. The molecule has 156 valence electrons. The molecule has 7 nitrogen and oxygen atoms in total. The van der Waals surface area contributed by atoms with Crippen LogP contribution in [0.1, 0.15) is 37.9 Å². The largest absolute Gasteiger partial charge is 0.465 e. The molecule has 30 heavy (non-hydrogen) atoms. The quantitative estimate of drug-likeness (QED) is 0.398. The van der Waals surface area contributed by atoms with Crippen molar-refractivity contribution in [1.82, 2.24) is 25.3 Å². The number of carboxylic acid groups (broad SMARTS) is 1. The molecule has 1 saturated carbocycles. The number of aromatic amines is 1. The molecule has 0 saturated heterocycles. The van der Waals surface area contributed by atoms with Crippen molar-refractivity contribution in [3.63, 3.8) is 0 Å². The van der Waals surface area contributed by atoms with Crippen LogP contribution in [0.25, 0.3) is 22.6 Å². The number of imidazole rings is 1. The van der Waals surface area contributed by atoms with Gasteiger partial charge in [0.2, 0.25) is 0 Å². The lowest BCUT2D eigenvalue weighted by atomic mass is 9.81. The van der Waals surface area contributed by atoms with Crippen molar-refractivity contribution in [2.75, 3.05) is 6.26 Å². The van der Waals surface area contributed by atoms with Crippen LogP contribution >= 0.6 is 11.8 Å². The smallest absolute Gasteiger partial charge is 0.405 e. The highest BCUT2D eigenvalue weighted by Gasteiger charge is 2.39. The van der Waals surface area contributed by atoms with Crippen LogP contribution in [-0.2, 0) is 5.54 Å². The third-order valence-electron chi connectivity index (χ3n) is 5.40. The maximum absolute atomic E-state index is 13.5. The lowest BCUT2D eigenvalue weighted by Crippen LogP contribution is -2.47. The van der Waals surface area contributed by atoms with Gasteiger partial charge in [-0.2, -0.15) is 0 Å². The monoisotopic (exact) mass is 427 g/mol. The number of benzene rings is 1. The predicted molar refractivity (Wildman–Crippen MR) is 113 cm³/mol. The topological polar surface area (TPSA) is 104 Å². The van der Waals surface area contributed by atoms with Crippen molar-refractivity contribution >= 4 is 17.9 Å². The van der Waals surface area contributed by atoms with E-state index in [0.717, 1.165) is 24.8 Å². The molecule has 4 rings (SSSR count). The van der Waals surface area contributed by atoms with E-state index in [4.69, 9.17) is 4.98 Å². The SMILES string of the molecule is CSc1nccc(-c2[nH]c(C3(NC(=O)O)CCCCC3)nc2-c2ccc(F)cc2)n1. The lowest BCUT2D eigenvalue weighted by molar-refractivity contribution is 0.158. The molecule has 3 N–H and O–H groups in total. The number of aromatic nitrogens is 4. The maximum Gasteiger partial charge on any atom is 0.405 e. The van der Waals surface area contributed by atoms with E-state index in [-0.39, 0.29) is 5.82 Å². The van der Waals surface area contributed by atoms with Gasteiger partial charge in [0, 0.05) is 11.8 Å². The van der Waals surface area contributed by atoms with Crippen molar-refractivity contribution in [2.45, 2.75) is 42.8 Å². The normalized spacial score (nSPS) is 15.7. The number of carbonyl (C=O) groups is 1. The Kier molecular flexibility index (Phi) is 5.72. The van der Waals surface area contributed by atoms with E-state index in [2.05, 4.69) is 20.3 Å². The van der Waals surface area contributed by atoms with Crippen LogP contribution in [0.5, 0.6) is 0 Å². The van der Waals surface area contributed by atoms with Crippen molar-refractivity contribution in [1.29, 1.82) is 0 Å². The van der Waals surface area contributed by atoms with Gasteiger partial charge in [-0.3, -0.25) is 0 Å². The molecule has 9 heteroatoms. The van der Waals surface area contributed by atoms with Crippen LogP contribution in [-0.4, -0.2) is 37.4 Å². The minimum absolute atomic E-state index is 0.334. The molecule has 0 bridgehead atoms. The summed E-state index contributed by atoms with van der Waals surface area (Å²) >= 11 is 1.43. The Balaban J connectivity index is 1.88. The molecule has 3 aromatic rings. The molecule has 0 aliphatic heterocycles. The zero-order chi connectivity index (χ0) is 21.1. The zero-order valence-corrected chi connectivity index (χ0v) is 17.3. The highest BCUT2D eigenvalue weighted by Crippen LogP contribution is 2.39. The van der Waals surface area contributed by atoms with Gasteiger partial charge < -0.3 is 15.4 Å². The Labute approximate surface area is 177 Å². The van der Waals surface area contributed by atoms with Gasteiger partial charge in [-0.25, -0.2) is 24.1 Å². The number of hydrogen-bond donors (Lipinski definition) is 3. The Morgan fingerprint density at radius 3 is 2.57 bits per heavy atom. The Morgan fingerprint density at radius 1 is 1.17 bits per heavy atom. The Hall–Kier alpha value is -2.94. The van der Waals surface area contributed by atoms with Crippen LogP contribution in [0.15, 0.2) is 41.7 Å². The summed E-state index contributed by atoms with van der Waals surface area (Å²) in [5.41, 5.74) is 1.85. The molecule has 1 fully saturated rings. The van der Waals surface area contributed by atoms with E-state index in [1.165, 1.54) is 23.9 Å². The summed E-state index contributed by atoms with van der Waals surface area (Å²) in [6, 6.07) is 7.86.